The van der Waals surface area contributed by atoms with E-state index in [2.05, 4.69) is 4.74 Å². The van der Waals surface area contributed by atoms with E-state index in [-0.39, 0.29) is 12.2 Å². The third-order valence-corrected chi connectivity index (χ3v) is 3.54. The van der Waals surface area contributed by atoms with Crippen LogP contribution in [0.1, 0.15) is 30.9 Å². The average Bonchev–Trinajstić information content (AvgIpc) is 2.51. The molecule has 0 heterocycles. The lowest BCUT2D eigenvalue weighted by atomic mass is 9.80. The van der Waals surface area contributed by atoms with Crippen LogP contribution in [0.4, 0.5) is 17.6 Å². The van der Waals surface area contributed by atoms with Gasteiger partial charge in [-0.15, -0.1) is 0 Å². The summed E-state index contributed by atoms with van der Waals surface area (Å²) in [6.07, 6.45) is -4.66. The number of ketones is 1. The molecule has 0 fully saturated rings. The van der Waals surface area contributed by atoms with Crippen LogP contribution in [0.5, 0.6) is 0 Å². The number of esters is 1. The number of benzene rings is 1. The molecule has 0 aliphatic heterocycles. The summed E-state index contributed by atoms with van der Waals surface area (Å²) in [6, 6.07) is 2.78. The van der Waals surface area contributed by atoms with E-state index in [0.29, 0.717) is 19.1 Å². The van der Waals surface area contributed by atoms with Crippen LogP contribution in [0.25, 0.3) is 0 Å². The van der Waals surface area contributed by atoms with Gasteiger partial charge in [-0.2, -0.15) is 13.2 Å². The molecule has 0 amide bonds. The molecule has 0 aliphatic carbocycles. The SMILES string of the molecule is CCOC(=O)[C@@](F)(C(C)=O)[C@@H](C[N+](=O)[O-])c1ccc(C(F)(F)F)cc1. The first-order valence-corrected chi connectivity index (χ1v) is 7.10. The molecule has 2 atom stereocenters. The Balaban J connectivity index is 3.42. The molecule has 0 unspecified atom stereocenters. The molecule has 0 N–H and O–H groups in total. The zero-order valence-electron chi connectivity index (χ0n) is 13.3. The lowest BCUT2D eigenvalue weighted by Crippen LogP contribution is -2.49. The number of nitrogens with zero attached hydrogens (tertiary/aromatic N) is 1. The van der Waals surface area contributed by atoms with Crippen molar-refractivity contribution in [1.82, 2.24) is 0 Å². The largest absolute Gasteiger partial charge is 0.463 e. The van der Waals surface area contributed by atoms with Crippen molar-refractivity contribution in [1.29, 1.82) is 0 Å². The summed E-state index contributed by atoms with van der Waals surface area (Å²) < 4.78 is 57.5. The standard InChI is InChI=1S/C15H15F4NO5/c1-3-25-13(22)14(16,9(2)21)12(8-20(23)24)10-4-6-11(7-5-10)15(17,18)19/h4-7,12H,3,8H2,1-2H3/t12-,14+/m0/s1. The Morgan fingerprint density at radius 1 is 1.20 bits per heavy atom. The highest BCUT2D eigenvalue weighted by Gasteiger charge is 2.55. The van der Waals surface area contributed by atoms with Crippen LogP contribution in [0, 0.1) is 10.1 Å². The predicted octanol–water partition coefficient (Wildman–Crippen LogP) is 2.93. The van der Waals surface area contributed by atoms with E-state index >= 15 is 4.39 Å². The highest BCUT2D eigenvalue weighted by molar-refractivity contribution is 6.07. The maximum atomic E-state index is 15.2. The fourth-order valence-electron chi connectivity index (χ4n) is 2.28. The van der Waals surface area contributed by atoms with Crippen molar-refractivity contribution in [3.05, 3.63) is 45.5 Å². The van der Waals surface area contributed by atoms with Crippen LogP contribution in [-0.4, -0.2) is 35.5 Å². The molecule has 0 bridgehead atoms. The second-order valence-corrected chi connectivity index (χ2v) is 5.18. The van der Waals surface area contributed by atoms with Crippen LogP contribution < -0.4 is 0 Å². The zero-order valence-corrected chi connectivity index (χ0v) is 13.3. The number of hydrogen-bond donors (Lipinski definition) is 0. The van der Waals surface area contributed by atoms with Gasteiger partial charge in [-0.05, 0) is 31.5 Å². The van der Waals surface area contributed by atoms with Crippen LogP contribution in [-0.2, 0) is 20.5 Å². The van der Waals surface area contributed by atoms with E-state index in [0.717, 1.165) is 12.1 Å². The first-order chi connectivity index (χ1) is 11.4. The third-order valence-electron chi connectivity index (χ3n) is 3.54. The molecule has 0 spiro atoms. The fraction of sp³-hybridized carbons (Fsp3) is 0.467. The number of nitro groups is 1. The van der Waals surface area contributed by atoms with E-state index in [1.54, 1.807) is 0 Å². The number of carbonyl (C=O) groups is 2. The van der Waals surface area contributed by atoms with Crippen LogP contribution in [0.2, 0.25) is 0 Å². The quantitative estimate of drug-likeness (QED) is 0.244. The molecule has 138 valence electrons. The molecule has 25 heavy (non-hydrogen) atoms. The summed E-state index contributed by atoms with van der Waals surface area (Å²) in [7, 11) is 0. The molecule has 0 aromatic heterocycles. The fourth-order valence-corrected chi connectivity index (χ4v) is 2.28. The molecule has 10 heteroatoms. The minimum Gasteiger partial charge on any atom is -0.463 e. The number of halogens is 4. The van der Waals surface area contributed by atoms with E-state index < -0.39 is 46.5 Å². The molecule has 0 saturated heterocycles. The number of ether oxygens (including phenoxy) is 1. The summed E-state index contributed by atoms with van der Waals surface area (Å²) in [5, 5.41) is 10.9. The smallest absolute Gasteiger partial charge is 0.416 e. The van der Waals surface area contributed by atoms with Gasteiger partial charge in [-0.3, -0.25) is 14.9 Å². The molecule has 1 aromatic rings. The number of hydrogen-bond acceptors (Lipinski definition) is 5. The van der Waals surface area contributed by atoms with Gasteiger partial charge in [0.05, 0.1) is 12.2 Å². The Hall–Kier alpha value is -2.52. The molecule has 0 aliphatic rings. The monoisotopic (exact) mass is 365 g/mol. The van der Waals surface area contributed by atoms with Gasteiger partial charge in [0.1, 0.15) is 5.92 Å². The van der Waals surface area contributed by atoms with E-state index in [1.807, 2.05) is 0 Å². The summed E-state index contributed by atoms with van der Waals surface area (Å²) >= 11 is 0. The lowest BCUT2D eigenvalue weighted by Gasteiger charge is -2.27. The van der Waals surface area contributed by atoms with Crippen molar-refractivity contribution in [3.63, 3.8) is 0 Å². The second kappa shape index (κ2) is 7.58. The number of carbonyl (C=O) groups excluding carboxylic acids is 2. The van der Waals surface area contributed by atoms with Crippen LogP contribution >= 0.6 is 0 Å². The van der Waals surface area contributed by atoms with Gasteiger partial charge < -0.3 is 4.74 Å². The van der Waals surface area contributed by atoms with Crippen molar-refractivity contribution >= 4 is 11.8 Å². The first-order valence-electron chi connectivity index (χ1n) is 7.10. The van der Waals surface area contributed by atoms with Gasteiger partial charge in [0.2, 0.25) is 6.54 Å². The summed E-state index contributed by atoms with van der Waals surface area (Å²) in [5.41, 5.74) is -4.74. The van der Waals surface area contributed by atoms with Gasteiger partial charge in [0.15, 0.2) is 5.78 Å². The number of rotatable bonds is 7. The molecule has 6 nitrogen and oxygen atoms in total. The van der Waals surface area contributed by atoms with Crippen molar-refractivity contribution in [2.24, 2.45) is 0 Å². The van der Waals surface area contributed by atoms with Gasteiger partial charge in [0.25, 0.3) is 5.67 Å². The third kappa shape index (κ3) is 4.52. The summed E-state index contributed by atoms with van der Waals surface area (Å²) in [6.45, 7) is 0.600. The van der Waals surface area contributed by atoms with Crippen molar-refractivity contribution in [3.8, 4) is 0 Å². The Morgan fingerprint density at radius 2 is 1.72 bits per heavy atom. The normalized spacial score (nSPS) is 15.1. The highest BCUT2D eigenvalue weighted by atomic mass is 19.4. The summed E-state index contributed by atoms with van der Waals surface area (Å²) in [5.74, 6) is -4.88. The average molecular weight is 365 g/mol. The molecule has 0 radical (unpaired) electrons. The van der Waals surface area contributed by atoms with Crippen LogP contribution in [0.15, 0.2) is 24.3 Å². The van der Waals surface area contributed by atoms with Gasteiger partial charge in [0, 0.05) is 4.92 Å². The maximum Gasteiger partial charge on any atom is 0.416 e. The Bertz CT molecular complexity index is 659. The van der Waals surface area contributed by atoms with Gasteiger partial charge in [-0.1, -0.05) is 12.1 Å². The number of alkyl halides is 4. The minimum absolute atomic E-state index is 0.282. The maximum absolute atomic E-state index is 15.2. The highest BCUT2D eigenvalue weighted by Crippen LogP contribution is 2.36. The second-order valence-electron chi connectivity index (χ2n) is 5.18. The van der Waals surface area contributed by atoms with Crippen molar-refractivity contribution in [2.75, 3.05) is 13.2 Å². The zero-order chi connectivity index (χ0) is 19.4. The van der Waals surface area contributed by atoms with Gasteiger partial charge >= 0.3 is 12.1 Å². The lowest BCUT2D eigenvalue weighted by molar-refractivity contribution is -0.485. The molecule has 0 saturated carbocycles. The summed E-state index contributed by atoms with van der Waals surface area (Å²) in [4.78, 5) is 33.5. The first kappa shape index (κ1) is 20.5. The molecular formula is C15H15F4NO5. The van der Waals surface area contributed by atoms with Crippen molar-refractivity contribution < 1.29 is 36.8 Å². The van der Waals surface area contributed by atoms with E-state index in [9.17, 15) is 32.9 Å². The Morgan fingerprint density at radius 3 is 2.08 bits per heavy atom. The van der Waals surface area contributed by atoms with Gasteiger partial charge in [-0.25, -0.2) is 9.18 Å². The van der Waals surface area contributed by atoms with E-state index in [4.69, 9.17) is 0 Å². The number of Topliss-reactive ketones (excluding diaryl/α,β-unsaturated/α-hetero) is 1. The Kier molecular flexibility index (Phi) is 6.22. The molecular weight excluding hydrogens is 350 g/mol. The Labute approximate surface area is 139 Å². The molecule has 1 rings (SSSR count). The molecule has 1 aromatic carbocycles. The van der Waals surface area contributed by atoms with Crippen LogP contribution in [0.3, 0.4) is 0 Å². The minimum atomic E-state index is -4.66. The van der Waals surface area contributed by atoms with E-state index in [1.165, 1.54) is 6.92 Å². The predicted molar refractivity (Wildman–Crippen MR) is 77.2 cm³/mol. The van der Waals surface area contributed by atoms with Crippen molar-refractivity contribution in [2.45, 2.75) is 31.6 Å². The topological polar surface area (TPSA) is 86.5 Å².